The third-order valence-corrected chi connectivity index (χ3v) is 4.01. The number of imide groups is 1. The van der Waals surface area contributed by atoms with Gasteiger partial charge < -0.3 is 4.74 Å². The van der Waals surface area contributed by atoms with Crippen molar-refractivity contribution >= 4 is 11.8 Å². The predicted octanol–water partition coefficient (Wildman–Crippen LogP) is 2.24. The van der Waals surface area contributed by atoms with Gasteiger partial charge in [-0.25, -0.2) is 0 Å². The van der Waals surface area contributed by atoms with Crippen LogP contribution < -0.4 is 0 Å². The summed E-state index contributed by atoms with van der Waals surface area (Å²) in [5.41, 5.74) is 0.0493. The van der Waals surface area contributed by atoms with Crippen LogP contribution in [0.4, 0.5) is 0 Å². The van der Waals surface area contributed by atoms with Crippen molar-refractivity contribution in [1.29, 1.82) is 0 Å². The number of ether oxygens (including phenoxy) is 1. The van der Waals surface area contributed by atoms with Crippen molar-refractivity contribution in [2.45, 2.75) is 44.9 Å². The normalized spacial score (nSPS) is 24.6. The lowest BCUT2D eigenvalue weighted by atomic mass is 9.91. The fourth-order valence-electron chi connectivity index (χ4n) is 3.09. The van der Waals surface area contributed by atoms with Crippen LogP contribution in [0.5, 0.6) is 0 Å². The molecule has 19 heavy (non-hydrogen) atoms. The van der Waals surface area contributed by atoms with Gasteiger partial charge in [0.1, 0.15) is 6.10 Å². The van der Waals surface area contributed by atoms with Gasteiger partial charge in [-0.1, -0.05) is 12.1 Å². The molecule has 1 fully saturated rings. The van der Waals surface area contributed by atoms with Gasteiger partial charge in [0, 0.05) is 0 Å². The second-order valence-electron chi connectivity index (χ2n) is 6.25. The van der Waals surface area contributed by atoms with Gasteiger partial charge in [-0.2, -0.15) is 0 Å². The third kappa shape index (κ3) is 1.56. The van der Waals surface area contributed by atoms with Gasteiger partial charge in [-0.15, -0.1) is 0 Å². The minimum Gasteiger partial charge on any atom is -0.364 e. The second-order valence-corrected chi connectivity index (χ2v) is 6.25. The highest BCUT2D eigenvalue weighted by atomic mass is 16.6. The zero-order valence-corrected chi connectivity index (χ0v) is 11.6. The average Bonchev–Trinajstić information content (AvgIpc) is 2.91. The van der Waals surface area contributed by atoms with E-state index in [9.17, 15) is 9.59 Å². The molecule has 2 amide bonds. The Morgan fingerprint density at radius 3 is 1.89 bits per heavy atom. The quantitative estimate of drug-likeness (QED) is 0.604. The molecule has 1 aromatic carbocycles. The van der Waals surface area contributed by atoms with Crippen LogP contribution >= 0.6 is 0 Å². The molecular weight excluding hydrogens is 242 g/mol. The van der Waals surface area contributed by atoms with E-state index in [0.717, 1.165) is 0 Å². The fourth-order valence-corrected chi connectivity index (χ4v) is 3.09. The molecule has 2 heterocycles. The summed E-state index contributed by atoms with van der Waals surface area (Å²) in [6, 6.07) is 6.95. The molecule has 0 aromatic heterocycles. The SMILES string of the molecule is CC1(C)OC1C(C)(C)N1C(=O)c2ccccc2C1=O. The molecule has 2 aliphatic heterocycles. The van der Waals surface area contributed by atoms with E-state index in [1.54, 1.807) is 24.3 Å². The second kappa shape index (κ2) is 3.45. The van der Waals surface area contributed by atoms with Crippen molar-refractivity contribution in [3.05, 3.63) is 35.4 Å². The molecule has 1 unspecified atom stereocenters. The number of nitrogens with zero attached hydrogens (tertiary/aromatic N) is 1. The zero-order chi connectivity index (χ0) is 14.0. The van der Waals surface area contributed by atoms with E-state index in [2.05, 4.69) is 0 Å². The number of rotatable bonds is 2. The predicted molar refractivity (Wildman–Crippen MR) is 70.0 cm³/mol. The van der Waals surface area contributed by atoms with Crippen molar-refractivity contribution in [3.8, 4) is 0 Å². The van der Waals surface area contributed by atoms with E-state index < -0.39 is 5.54 Å². The molecule has 0 aliphatic carbocycles. The highest BCUT2D eigenvalue weighted by Gasteiger charge is 2.61. The van der Waals surface area contributed by atoms with Gasteiger partial charge >= 0.3 is 0 Å². The van der Waals surface area contributed by atoms with Crippen LogP contribution in [0.25, 0.3) is 0 Å². The molecule has 1 saturated heterocycles. The summed E-state index contributed by atoms with van der Waals surface area (Å²) in [5.74, 6) is -0.450. The topological polar surface area (TPSA) is 49.9 Å². The molecule has 3 rings (SSSR count). The first-order chi connectivity index (χ1) is 8.77. The number of hydrogen-bond donors (Lipinski definition) is 0. The van der Waals surface area contributed by atoms with E-state index in [4.69, 9.17) is 4.74 Å². The van der Waals surface area contributed by atoms with Crippen LogP contribution in [-0.4, -0.2) is 34.0 Å². The Morgan fingerprint density at radius 2 is 1.53 bits per heavy atom. The summed E-state index contributed by atoms with van der Waals surface area (Å²) in [6.45, 7) is 7.71. The first-order valence-corrected chi connectivity index (χ1v) is 6.42. The van der Waals surface area contributed by atoms with E-state index in [0.29, 0.717) is 11.1 Å². The Bertz CT molecular complexity index is 554. The standard InChI is InChI=1S/C15H17NO3/c1-14(2,13-15(3,4)19-13)16-11(17)9-7-5-6-8-10(9)12(16)18/h5-8,13H,1-4H3. The van der Waals surface area contributed by atoms with Crippen molar-refractivity contribution in [2.75, 3.05) is 0 Å². The molecule has 100 valence electrons. The van der Waals surface area contributed by atoms with Crippen LogP contribution in [0, 0.1) is 0 Å². The molecule has 4 heteroatoms. The largest absolute Gasteiger partial charge is 0.364 e. The van der Waals surface area contributed by atoms with Crippen LogP contribution in [0.3, 0.4) is 0 Å². The lowest BCUT2D eigenvalue weighted by Crippen LogP contribution is -2.52. The van der Waals surface area contributed by atoms with Gasteiger partial charge in [-0.05, 0) is 39.8 Å². The minimum atomic E-state index is -0.642. The number of hydrogen-bond acceptors (Lipinski definition) is 3. The molecule has 0 N–H and O–H groups in total. The lowest BCUT2D eigenvalue weighted by Gasteiger charge is -2.33. The summed E-state index contributed by atoms with van der Waals surface area (Å²) in [4.78, 5) is 26.2. The van der Waals surface area contributed by atoms with Crippen LogP contribution in [-0.2, 0) is 4.74 Å². The van der Waals surface area contributed by atoms with Gasteiger partial charge in [0.25, 0.3) is 11.8 Å². The Balaban J connectivity index is 2.01. The Morgan fingerprint density at radius 1 is 1.11 bits per heavy atom. The van der Waals surface area contributed by atoms with Crippen molar-refractivity contribution in [3.63, 3.8) is 0 Å². The molecule has 0 bridgehead atoms. The number of epoxide rings is 1. The summed E-state index contributed by atoms with van der Waals surface area (Å²) in [7, 11) is 0. The van der Waals surface area contributed by atoms with Gasteiger partial charge in [0.05, 0.1) is 22.3 Å². The monoisotopic (exact) mass is 259 g/mol. The van der Waals surface area contributed by atoms with Crippen molar-refractivity contribution in [2.24, 2.45) is 0 Å². The molecule has 2 aliphatic rings. The molecular formula is C15H17NO3. The molecule has 0 radical (unpaired) electrons. The van der Waals surface area contributed by atoms with Crippen LogP contribution in [0.15, 0.2) is 24.3 Å². The minimum absolute atomic E-state index is 0.123. The van der Waals surface area contributed by atoms with E-state index in [1.807, 2.05) is 27.7 Å². The number of carbonyl (C=O) groups excluding carboxylic acids is 2. The van der Waals surface area contributed by atoms with Gasteiger partial charge in [0.15, 0.2) is 0 Å². The molecule has 0 saturated carbocycles. The smallest absolute Gasteiger partial charge is 0.262 e. The molecule has 4 nitrogen and oxygen atoms in total. The van der Waals surface area contributed by atoms with Crippen LogP contribution in [0.1, 0.15) is 48.4 Å². The van der Waals surface area contributed by atoms with E-state index in [-0.39, 0.29) is 23.5 Å². The molecule has 1 aromatic rings. The summed E-state index contributed by atoms with van der Waals surface area (Å²) in [5, 5.41) is 0. The van der Waals surface area contributed by atoms with E-state index in [1.165, 1.54) is 4.90 Å². The van der Waals surface area contributed by atoms with E-state index >= 15 is 0 Å². The fraction of sp³-hybridized carbons (Fsp3) is 0.467. The summed E-state index contributed by atoms with van der Waals surface area (Å²) < 4.78 is 5.63. The Labute approximate surface area is 112 Å². The number of fused-ring (bicyclic) bond motifs is 1. The third-order valence-electron chi connectivity index (χ3n) is 4.01. The summed E-state index contributed by atoms with van der Waals surface area (Å²) in [6.07, 6.45) is -0.123. The summed E-state index contributed by atoms with van der Waals surface area (Å²) >= 11 is 0. The molecule has 0 spiro atoms. The first-order valence-electron chi connectivity index (χ1n) is 6.42. The highest BCUT2D eigenvalue weighted by Crippen LogP contribution is 2.46. The highest BCUT2D eigenvalue weighted by molar-refractivity contribution is 6.21. The Kier molecular flexibility index (Phi) is 2.24. The number of amides is 2. The van der Waals surface area contributed by atoms with Crippen molar-refractivity contribution < 1.29 is 14.3 Å². The van der Waals surface area contributed by atoms with Crippen molar-refractivity contribution in [1.82, 2.24) is 4.90 Å². The maximum Gasteiger partial charge on any atom is 0.262 e. The first kappa shape index (κ1) is 12.4. The zero-order valence-electron chi connectivity index (χ0n) is 11.6. The Hall–Kier alpha value is -1.68. The van der Waals surface area contributed by atoms with Gasteiger partial charge in [-0.3, -0.25) is 14.5 Å². The maximum absolute atomic E-state index is 12.4. The lowest BCUT2D eigenvalue weighted by molar-refractivity contribution is 0.0427. The average molecular weight is 259 g/mol. The maximum atomic E-state index is 12.4. The molecule has 1 atom stereocenters. The van der Waals surface area contributed by atoms with Crippen LogP contribution in [0.2, 0.25) is 0 Å². The van der Waals surface area contributed by atoms with Gasteiger partial charge in [0.2, 0.25) is 0 Å². The number of benzene rings is 1. The number of carbonyl (C=O) groups is 2.